The van der Waals surface area contributed by atoms with Crippen LogP contribution in [-0.2, 0) is 0 Å². The highest BCUT2D eigenvalue weighted by Crippen LogP contribution is 2.38. The quantitative estimate of drug-likeness (QED) is 0.861. The molecule has 20 heavy (non-hydrogen) atoms. The summed E-state index contributed by atoms with van der Waals surface area (Å²) in [6, 6.07) is 6.40. The van der Waals surface area contributed by atoms with Crippen LogP contribution in [0.4, 0.5) is 0 Å². The van der Waals surface area contributed by atoms with Crippen LogP contribution in [0.5, 0.6) is 0 Å². The number of piperidine rings is 1. The maximum atomic E-state index is 3.94. The molecule has 1 N–H and O–H groups in total. The van der Waals surface area contributed by atoms with Crippen molar-refractivity contribution < 1.29 is 0 Å². The first-order chi connectivity index (χ1) is 9.75. The predicted molar refractivity (Wildman–Crippen MR) is 86.8 cm³/mol. The van der Waals surface area contributed by atoms with Crippen molar-refractivity contribution in [1.82, 2.24) is 10.4 Å². The Labute approximate surface area is 127 Å². The van der Waals surface area contributed by atoms with Crippen LogP contribution in [-0.4, -0.2) is 17.1 Å². The van der Waals surface area contributed by atoms with E-state index in [1.54, 1.807) is 0 Å². The van der Waals surface area contributed by atoms with E-state index in [2.05, 4.69) is 41.8 Å². The minimum absolute atomic E-state index is 0.542. The largest absolute Gasteiger partial charge is 0.246 e. The Hall–Kier alpha value is -0.380. The van der Waals surface area contributed by atoms with Crippen LogP contribution in [0.1, 0.15) is 69.7 Å². The van der Waals surface area contributed by atoms with E-state index in [4.69, 9.17) is 0 Å². The zero-order valence-electron chi connectivity index (χ0n) is 12.8. The molecule has 3 heteroatoms. The lowest BCUT2D eigenvalue weighted by atomic mass is 9.96. The van der Waals surface area contributed by atoms with E-state index in [9.17, 15) is 0 Å². The van der Waals surface area contributed by atoms with Crippen molar-refractivity contribution >= 4 is 11.3 Å². The smallest absolute Gasteiger partial charge is 0.0586 e. The molecular weight excluding hydrogens is 264 g/mol. The second kappa shape index (κ2) is 6.59. The Morgan fingerprint density at radius 2 is 1.80 bits per heavy atom. The highest BCUT2D eigenvalue weighted by molar-refractivity contribution is 7.10. The van der Waals surface area contributed by atoms with Crippen molar-refractivity contribution in [3.05, 3.63) is 22.4 Å². The van der Waals surface area contributed by atoms with Gasteiger partial charge in [-0.25, -0.2) is 10.4 Å². The Balaban J connectivity index is 1.75. The molecule has 0 amide bonds. The lowest BCUT2D eigenvalue weighted by Gasteiger charge is -2.42. The molecule has 3 unspecified atom stereocenters. The molecule has 2 fully saturated rings. The lowest BCUT2D eigenvalue weighted by molar-refractivity contribution is 0.0189. The molecule has 2 heterocycles. The average Bonchev–Trinajstić information content (AvgIpc) is 3.12. The van der Waals surface area contributed by atoms with Gasteiger partial charge >= 0.3 is 0 Å². The summed E-state index contributed by atoms with van der Waals surface area (Å²) in [6.07, 6.45) is 9.67. The number of nitrogens with zero attached hydrogens (tertiary/aromatic N) is 1. The van der Waals surface area contributed by atoms with Crippen LogP contribution < -0.4 is 5.43 Å². The van der Waals surface area contributed by atoms with Crippen molar-refractivity contribution in [2.24, 2.45) is 5.92 Å². The van der Waals surface area contributed by atoms with Crippen LogP contribution in [0, 0.1) is 5.92 Å². The molecule has 1 aliphatic heterocycles. The van der Waals surface area contributed by atoms with Crippen molar-refractivity contribution in [2.75, 3.05) is 0 Å². The molecule has 2 nitrogen and oxygen atoms in total. The van der Waals surface area contributed by atoms with Crippen molar-refractivity contribution in [3.8, 4) is 0 Å². The molecule has 2 aliphatic rings. The highest BCUT2D eigenvalue weighted by atomic mass is 32.1. The minimum atomic E-state index is 0.542. The first-order valence-electron chi connectivity index (χ1n) is 8.33. The zero-order chi connectivity index (χ0) is 13.9. The fourth-order valence-corrected chi connectivity index (χ4v) is 4.86. The van der Waals surface area contributed by atoms with Gasteiger partial charge in [0.15, 0.2) is 0 Å². The van der Waals surface area contributed by atoms with Gasteiger partial charge in [-0.15, -0.1) is 11.3 Å². The van der Waals surface area contributed by atoms with Gasteiger partial charge in [-0.1, -0.05) is 25.3 Å². The molecule has 1 aromatic heterocycles. The van der Waals surface area contributed by atoms with E-state index >= 15 is 0 Å². The average molecular weight is 292 g/mol. The topological polar surface area (TPSA) is 15.3 Å². The van der Waals surface area contributed by atoms with Gasteiger partial charge in [0.2, 0.25) is 0 Å². The van der Waals surface area contributed by atoms with Gasteiger partial charge in [-0.3, -0.25) is 0 Å². The van der Waals surface area contributed by atoms with E-state index in [1.165, 1.54) is 49.8 Å². The minimum Gasteiger partial charge on any atom is -0.246 e. The molecule has 1 aromatic rings. The van der Waals surface area contributed by atoms with E-state index in [0.29, 0.717) is 18.1 Å². The second-order valence-corrected chi connectivity index (χ2v) is 7.68. The van der Waals surface area contributed by atoms with E-state index < -0.39 is 0 Å². The number of thiophene rings is 1. The van der Waals surface area contributed by atoms with Crippen LogP contribution >= 0.6 is 11.3 Å². The molecule has 0 spiro atoms. The van der Waals surface area contributed by atoms with Crippen molar-refractivity contribution in [2.45, 2.75) is 76.9 Å². The van der Waals surface area contributed by atoms with Gasteiger partial charge in [0.05, 0.1) is 6.04 Å². The van der Waals surface area contributed by atoms with Crippen LogP contribution in [0.2, 0.25) is 0 Å². The maximum absolute atomic E-state index is 3.94. The standard InChI is InChI=1S/C17H28N2S/c1-13-7-5-8-14(2)19(13)18-17(15-9-3-4-10-15)16-11-6-12-20-16/h6,11-15,17-18H,3-5,7-10H2,1-2H3. The molecule has 0 bridgehead atoms. The number of rotatable bonds is 4. The third-order valence-corrected chi connectivity index (χ3v) is 6.16. The number of hydrogen-bond acceptors (Lipinski definition) is 3. The molecule has 3 atom stereocenters. The highest BCUT2D eigenvalue weighted by Gasteiger charge is 2.32. The normalized spacial score (nSPS) is 30.7. The fourth-order valence-electron chi connectivity index (χ4n) is 4.00. The Morgan fingerprint density at radius 3 is 2.40 bits per heavy atom. The van der Waals surface area contributed by atoms with Gasteiger partial charge in [0.25, 0.3) is 0 Å². The monoisotopic (exact) mass is 292 g/mol. The van der Waals surface area contributed by atoms with E-state index in [0.717, 1.165) is 5.92 Å². The van der Waals surface area contributed by atoms with Gasteiger partial charge in [0, 0.05) is 17.0 Å². The SMILES string of the molecule is CC1CCCC(C)N1NC(c1cccs1)C1CCCC1. The van der Waals surface area contributed by atoms with Gasteiger partial charge in [-0.2, -0.15) is 0 Å². The van der Waals surface area contributed by atoms with Crippen LogP contribution in [0.25, 0.3) is 0 Å². The third-order valence-electron chi connectivity index (χ3n) is 5.20. The molecule has 1 aliphatic carbocycles. The third kappa shape index (κ3) is 3.10. The van der Waals surface area contributed by atoms with Gasteiger partial charge < -0.3 is 0 Å². The molecule has 0 radical (unpaired) electrons. The summed E-state index contributed by atoms with van der Waals surface area (Å²) in [5.41, 5.74) is 3.94. The predicted octanol–water partition coefficient (Wildman–Crippen LogP) is 4.75. The lowest BCUT2D eigenvalue weighted by Crippen LogP contribution is -2.53. The maximum Gasteiger partial charge on any atom is 0.0586 e. The molecule has 1 saturated carbocycles. The first-order valence-corrected chi connectivity index (χ1v) is 9.21. The van der Waals surface area contributed by atoms with E-state index in [-0.39, 0.29) is 0 Å². The van der Waals surface area contributed by atoms with E-state index in [1.807, 2.05) is 11.3 Å². The summed E-state index contributed by atoms with van der Waals surface area (Å²) in [5, 5.41) is 4.79. The summed E-state index contributed by atoms with van der Waals surface area (Å²) in [4.78, 5) is 1.53. The second-order valence-electron chi connectivity index (χ2n) is 6.70. The fraction of sp³-hybridized carbons (Fsp3) is 0.765. The number of hydrazine groups is 1. The summed E-state index contributed by atoms with van der Waals surface area (Å²) in [7, 11) is 0. The van der Waals surface area contributed by atoms with Crippen LogP contribution in [0.3, 0.4) is 0 Å². The van der Waals surface area contributed by atoms with Crippen molar-refractivity contribution in [3.63, 3.8) is 0 Å². The molecule has 3 rings (SSSR count). The summed E-state index contributed by atoms with van der Waals surface area (Å²) >= 11 is 1.92. The van der Waals surface area contributed by atoms with Crippen molar-refractivity contribution in [1.29, 1.82) is 0 Å². The molecule has 0 aromatic carbocycles. The summed E-state index contributed by atoms with van der Waals surface area (Å²) in [6.45, 7) is 4.76. The Morgan fingerprint density at radius 1 is 1.10 bits per heavy atom. The number of nitrogens with one attached hydrogen (secondary N) is 1. The van der Waals surface area contributed by atoms with Gasteiger partial charge in [0.1, 0.15) is 0 Å². The Kier molecular flexibility index (Phi) is 4.79. The zero-order valence-corrected chi connectivity index (χ0v) is 13.7. The molecule has 1 saturated heterocycles. The first kappa shape index (κ1) is 14.6. The van der Waals surface area contributed by atoms with Gasteiger partial charge in [-0.05, 0) is 56.9 Å². The molecule has 112 valence electrons. The Bertz CT molecular complexity index is 387. The summed E-state index contributed by atoms with van der Waals surface area (Å²) < 4.78 is 0. The molecular formula is C17H28N2S. The summed E-state index contributed by atoms with van der Waals surface area (Å²) in [5.74, 6) is 0.829. The number of hydrogen-bond donors (Lipinski definition) is 1. The van der Waals surface area contributed by atoms with Crippen LogP contribution in [0.15, 0.2) is 17.5 Å².